The molecule has 0 spiro atoms. The molecule has 0 radical (unpaired) electrons. The monoisotopic (exact) mass is 396 g/mol. The van der Waals surface area contributed by atoms with Crippen molar-refractivity contribution < 1.29 is 9.59 Å². The number of carbonyl (C=O) groups excluding carboxylic acids is 2. The van der Waals surface area contributed by atoms with Crippen molar-refractivity contribution in [2.24, 2.45) is 5.92 Å². The highest BCUT2D eigenvalue weighted by molar-refractivity contribution is 5.85. The summed E-state index contributed by atoms with van der Waals surface area (Å²) in [6.45, 7) is 8.30. The van der Waals surface area contributed by atoms with Gasteiger partial charge in [0, 0.05) is 32.1 Å². The molecule has 2 rings (SSSR count). The molecule has 0 aromatic heterocycles. The predicted octanol–water partition coefficient (Wildman–Crippen LogP) is 1.32. The standard InChI is InChI=1S/C17H32N4O2.2ClH/c1-13(2)10-16(22)21-9-5-7-18-6-3-4-8-19-17(23)15-11-14(21)12-20-15;;/h13-15,18,20H,3-12H2,1-2H3,(H,19,23);2*1H/t14-,15-;;/m0../s1. The minimum atomic E-state index is -0.157. The van der Waals surface area contributed by atoms with Gasteiger partial charge in [-0.3, -0.25) is 9.59 Å². The third-order valence-corrected chi connectivity index (χ3v) is 4.60. The van der Waals surface area contributed by atoms with E-state index in [4.69, 9.17) is 0 Å². The van der Waals surface area contributed by atoms with Crippen LogP contribution in [0.1, 0.15) is 46.0 Å². The Morgan fingerprint density at radius 1 is 1.16 bits per heavy atom. The van der Waals surface area contributed by atoms with E-state index in [1.165, 1.54) is 0 Å². The van der Waals surface area contributed by atoms with E-state index in [1.54, 1.807) is 0 Å². The van der Waals surface area contributed by atoms with Gasteiger partial charge < -0.3 is 20.9 Å². The number of nitrogens with zero attached hydrogens (tertiary/aromatic N) is 1. The van der Waals surface area contributed by atoms with Crippen LogP contribution in [0.3, 0.4) is 0 Å². The lowest BCUT2D eigenvalue weighted by Gasteiger charge is -2.29. The molecule has 8 heteroatoms. The average Bonchev–Trinajstić information content (AvgIpc) is 2.97. The lowest BCUT2D eigenvalue weighted by molar-refractivity contribution is -0.134. The smallest absolute Gasteiger partial charge is 0.237 e. The predicted molar refractivity (Wildman–Crippen MR) is 106 cm³/mol. The molecule has 0 unspecified atom stereocenters. The summed E-state index contributed by atoms with van der Waals surface area (Å²) in [7, 11) is 0. The number of halogens is 2. The van der Waals surface area contributed by atoms with Crippen LogP contribution in [0, 0.1) is 5.92 Å². The van der Waals surface area contributed by atoms with Crippen LogP contribution in [-0.2, 0) is 9.59 Å². The first-order valence-electron chi connectivity index (χ1n) is 9.09. The molecular formula is C17H34Cl2N4O2. The summed E-state index contributed by atoms with van der Waals surface area (Å²) in [5.41, 5.74) is 0. The molecular weight excluding hydrogens is 363 g/mol. The van der Waals surface area contributed by atoms with Gasteiger partial charge in [-0.25, -0.2) is 0 Å². The Labute approximate surface area is 164 Å². The number of nitrogens with one attached hydrogen (secondary N) is 3. The summed E-state index contributed by atoms with van der Waals surface area (Å²) in [4.78, 5) is 26.8. The van der Waals surface area contributed by atoms with E-state index in [1.807, 2.05) is 4.90 Å². The van der Waals surface area contributed by atoms with Crippen molar-refractivity contribution in [3.05, 3.63) is 0 Å². The molecule has 2 aliphatic heterocycles. The Kier molecular flexibility index (Phi) is 12.5. The first kappa shape index (κ1) is 24.4. The van der Waals surface area contributed by atoms with Crippen molar-refractivity contribution in [3.63, 3.8) is 0 Å². The zero-order chi connectivity index (χ0) is 16.7. The van der Waals surface area contributed by atoms with Gasteiger partial charge in [0.2, 0.25) is 11.8 Å². The fourth-order valence-corrected chi connectivity index (χ4v) is 3.34. The summed E-state index contributed by atoms with van der Waals surface area (Å²) in [5.74, 6) is 0.663. The Morgan fingerprint density at radius 3 is 2.56 bits per heavy atom. The summed E-state index contributed by atoms with van der Waals surface area (Å²) in [5, 5.41) is 9.73. The maximum Gasteiger partial charge on any atom is 0.237 e. The molecule has 148 valence electrons. The number of carbonyl (C=O) groups is 2. The lowest BCUT2D eigenvalue weighted by atomic mass is 10.1. The quantitative estimate of drug-likeness (QED) is 0.657. The van der Waals surface area contributed by atoms with Crippen LogP contribution in [0.5, 0.6) is 0 Å². The van der Waals surface area contributed by atoms with Crippen molar-refractivity contribution in [2.75, 3.05) is 32.7 Å². The summed E-state index contributed by atoms with van der Waals surface area (Å²) < 4.78 is 0. The highest BCUT2D eigenvalue weighted by Crippen LogP contribution is 2.17. The maximum atomic E-state index is 12.6. The van der Waals surface area contributed by atoms with Gasteiger partial charge in [-0.15, -0.1) is 24.8 Å². The molecule has 2 fully saturated rings. The van der Waals surface area contributed by atoms with Gasteiger partial charge >= 0.3 is 0 Å². The van der Waals surface area contributed by atoms with E-state index in [2.05, 4.69) is 29.8 Å². The van der Waals surface area contributed by atoms with Crippen LogP contribution in [0.2, 0.25) is 0 Å². The third kappa shape index (κ3) is 8.11. The Hall–Kier alpha value is -0.560. The number of hydrogen-bond acceptors (Lipinski definition) is 4. The summed E-state index contributed by atoms with van der Waals surface area (Å²) in [6, 6.07) is -0.0182. The highest BCUT2D eigenvalue weighted by Gasteiger charge is 2.34. The fraction of sp³-hybridized carbons (Fsp3) is 0.882. The van der Waals surface area contributed by atoms with Crippen molar-refractivity contribution in [1.82, 2.24) is 20.9 Å². The van der Waals surface area contributed by atoms with Crippen molar-refractivity contribution >= 4 is 36.6 Å². The number of rotatable bonds is 2. The van der Waals surface area contributed by atoms with Gasteiger partial charge in [-0.1, -0.05) is 13.8 Å². The van der Waals surface area contributed by atoms with Crippen molar-refractivity contribution in [3.8, 4) is 0 Å². The van der Waals surface area contributed by atoms with Crippen molar-refractivity contribution in [1.29, 1.82) is 0 Å². The van der Waals surface area contributed by atoms with Crippen LogP contribution in [0.15, 0.2) is 0 Å². The molecule has 2 amide bonds. The topological polar surface area (TPSA) is 73.5 Å². The minimum absolute atomic E-state index is 0. The van der Waals surface area contributed by atoms with Gasteiger partial charge in [-0.2, -0.15) is 0 Å². The SMILES string of the molecule is CC(C)CC(=O)N1CCCNCCCCNC(=O)[C@@H]2C[C@H]1CN2.Cl.Cl. The number of fused-ring (bicyclic) bond motifs is 2. The Bertz CT molecular complexity index is 410. The zero-order valence-corrected chi connectivity index (χ0v) is 17.0. The second-order valence-corrected chi connectivity index (χ2v) is 7.14. The first-order valence-corrected chi connectivity index (χ1v) is 9.09. The molecule has 2 aliphatic rings. The summed E-state index contributed by atoms with van der Waals surface area (Å²) in [6.07, 6.45) is 4.35. The molecule has 2 bridgehead atoms. The van der Waals surface area contributed by atoms with E-state index in [0.717, 1.165) is 58.4 Å². The largest absolute Gasteiger partial charge is 0.355 e. The van der Waals surface area contributed by atoms with E-state index < -0.39 is 0 Å². The van der Waals surface area contributed by atoms with E-state index in [0.29, 0.717) is 12.3 Å². The second-order valence-electron chi connectivity index (χ2n) is 7.14. The molecule has 3 N–H and O–H groups in total. The molecule has 0 aliphatic carbocycles. The summed E-state index contributed by atoms with van der Waals surface area (Å²) >= 11 is 0. The van der Waals surface area contributed by atoms with Crippen LogP contribution in [0.4, 0.5) is 0 Å². The van der Waals surface area contributed by atoms with E-state index in [9.17, 15) is 9.59 Å². The average molecular weight is 397 g/mol. The van der Waals surface area contributed by atoms with Crippen LogP contribution in [-0.4, -0.2) is 61.5 Å². The van der Waals surface area contributed by atoms with Crippen molar-refractivity contribution in [2.45, 2.75) is 58.0 Å². The Morgan fingerprint density at radius 2 is 1.84 bits per heavy atom. The normalized spacial score (nSPS) is 25.4. The molecule has 0 saturated carbocycles. The van der Waals surface area contributed by atoms with Crippen LogP contribution < -0.4 is 16.0 Å². The second kappa shape index (κ2) is 12.7. The maximum absolute atomic E-state index is 12.6. The van der Waals surface area contributed by atoms with Crippen LogP contribution in [0.25, 0.3) is 0 Å². The molecule has 6 nitrogen and oxygen atoms in total. The molecule has 0 aromatic carbocycles. The van der Waals surface area contributed by atoms with E-state index >= 15 is 0 Å². The molecule has 2 atom stereocenters. The number of amides is 2. The van der Waals surface area contributed by atoms with Gasteiger partial charge in [0.1, 0.15) is 0 Å². The zero-order valence-electron chi connectivity index (χ0n) is 15.4. The van der Waals surface area contributed by atoms with Gasteiger partial charge in [0.25, 0.3) is 0 Å². The third-order valence-electron chi connectivity index (χ3n) is 4.60. The lowest BCUT2D eigenvalue weighted by Crippen LogP contribution is -2.43. The fourth-order valence-electron chi connectivity index (χ4n) is 3.34. The van der Waals surface area contributed by atoms with Crippen LogP contribution >= 0.6 is 24.8 Å². The van der Waals surface area contributed by atoms with E-state index in [-0.39, 0.29) is 48.7 Å². The molecule has 2 saturated heterocycles. The number of hydrogen-bond donors (Lipinski definition) is 3. The molecule has 2 heterocycles. The van der Waals surface area contributed by atoms with Gasteiger partial charge in [0.05, 0.1) is 6.04 Å². The van der Waals surface area contributed by atoms with Gasteiger partial charge in [-0.05, 0) is 44.7 Å². The highest BCUT2D eigenvalue weighted by atomic mass is 35.5. The van der Waals surface area contributed by atoms with Gasteiger partial charge in [0.15, 0.2) is 0 Å². The molecule has 0 aromatic rings. The molecule has 25 heavy (non-hydrogen) atoms. The Balaban J connectivity index is 0.00000288. The first-order chi connectivity index (χ1) is 11.1. The minimum Gasteiger partial charge on any atom is -0.355 e.